The van der Waals surface area contributed by atoms with Crippen molar-refractivity contribution in [3.05, 3.63) is 0 Å². The van der Waals surface area contributed by atoms with Gasteiger partial charge in [0.05, 0.1) is 0 Å². The van der Waals surface area contributed by atoms with Gasteiger partial charge in [-0.25, -0.2) is 4.79 Å². The number of urea groups is 1. The number of hydrogen-bond acceptors (Lipinski definition) is 3. The van der Waals surface area contributed by atoms with Gasteiger partial charge in [-0.2, -0.15) is 11.8 Å². The van der Waals surface area contributed by atoms with E-state index in [4.69, 9.17) is 5.11 Å². The third kappa shape index (κ3) is 4.30. The molecule has 5 nitrogen and oxygen atoms in total. The van der Waals surface area contributed by atoms with Crippen LogP contribution in [0, 0.1) is 5.92 Å². The minimum absolute atomic E-state index is 0.00922. The average molecular weight is 300 g/mol. The maximum Gasteiger partial charge on any atom is 0.317 e. The molecule has 0 radical (unpaired) electrons. The number of carbonyl (C=O) groups is 2. The van der Waals surface area contributed by atoms with Crippen molar-refractivity contribution in [3.8, 4) is 0 Å². The molecule has 1 aliphatic heterocycles. The van der Waals surface area contributed by atoms with Gasteiger partial charge in [0.2, 0.25) is 0 Å². The molecule has 1 saturated carbocycles. The standard InChI is InChI=1S/C14H24N2O3S/c1-2-20-12-4-3-11(8-12)15-14(19)16-6-5-10(9-16)7-13(17)18/h10-12H,2-9H2,1H3,(H,15,19)(H,17,18). The summed E-state index contributed by atoms with van der Waals surface area (Å²) in [4.78, 5) is 24.6. The molecular weight excluding hydrogens is 276 g/mol. The fourth-order valence-electron chi connectivity index (χ4n) is 3.15. The second-order valence-electron chi connectivity index (χ2n) is 5.74. The molecule has 0 aromatic carbocycles. The SMILES string of the molecule is CCSC1CCC(NC(=O)N2CCC(CC(=O)O)C2)C1. The molecule has 2 aliphatic rings. The molecule has 3 unspecified atom stereocenters. The van der Waals surface area contributed by atoms with Gasteiger partial charge in [0.15, 0.2) is 0 Å². The number of thioether (sulfide) groups is 1. The van der Waals surface area contributed by atoms with Gasteiger partial charge in [-0.15, -0.1) is 0 Å². The third-order valence-corrected chi connectivity index (χ3v) is 5.38. The lowest BCUT2D eigenvalue weighted by molar-refractivity contribution is -0.138. The van der Waals surface area contributed by atoms with Crippen LogP contribution in [0.5, 0.6) is 0 Å². The molecule has 2 N–H and O–H groups in total. The second kappa shape index (κ2) is 7.20. The summed E-state index contributed by atoms with van der Waals surface area (Å²) in [5, 5.41) is 12.6. The summed E-state index contributed by atoms with van der Waals surface area (Å²) < 4.78 is 0. The van der Waals surface area contributed by atoms with Gasteiger partial charge in [0.1, 0.15) is 0 Å². The predicted octanol–water partition coefficient (Wildman–Crippen LogP) is 2.17. The zero-order chi connectivity index (χ0) is 14.5. The zero-order valence-corrected chi connectivity index (χ0v) is 12.8. The molecule has 1 saturated heterocycles. The lowest BCUT2D eigenvalue weighted by atomic mass is 10.1. The van der Waals surface area contributed by atoms with Crippen molar-refractivity contribution in [2.24, 2.45) is 5.92 Å². The minimum Gasteiger partial charge on any atom is -0.481 e. The predicted molar refractivity (Wildman–Crippen MR) is 80.0 cm³/mol. The Morgan fingerprint density at radius 1 is 1.35 bits per heavy atom. The van der Waals surface area contributed by atoms with E-state index in [9.17, 15) is 9.59 Å². The van der Waals surface area contributed by atoms with Gasteiger partial charge < -0.3 is 15.3 Å². The summed E-state index contributed by atoms with van der Waals surface area (Å²) in [6.07, 6.45) is 4.29. The first kappa shape index (κ1) is 15.5. The molecule has 114 valence electrons. The molecular formula is C14H24N2O3S. The van der Waals surface area contributed by atoms with E-state index in [1.54, 1.807) is 4.90 Å². The molecule has 0 aromatic heterocycles. The first-order valence-corrected chi connectivity index (χ1v) is 8.52. The largest absolute Gasteiger partial charge is 0.481 e. The smallest absolute Gasteiger partial charge is 0.317 e. The summed E-state index contributed by atoms with van der Waals surface area (Å²) in [5.74, 6) is 0.478. The lowest BCUT2D eigenvalue weighted by Gasteiger charge is -2.20. The van der Waals surface area contributed by atoms with E-state index in [-0.39, 0.29) is 18.4 Å². The van der Waals surface area contributed by atoms with Crippen molar-refractivity contribution >= 4 is 23.8 Å². The molecule has 6 heteroatoms. The highest BCUT2D eigenvalue weighted by Gasteiger charge is 2.31. The molecule has 0 spiro atoms. The van der Waals surface area contributed by atoms with Crippen molar-refractivity contribution in [1.29, 1.82) is 0 Å². The number of amides is 2. The van der Waals surface area contributed by atoms with Gasteiger partial charge in [-0.05, 0) is 37.4 Å². The Hall–Kier alpha value is -0.910. The van der Waals surface area contributed by atoms with Crippen molar-refractivity contribution in [2.45, 2.75) is 50.3 Å². The van der Waals surface area contributed by atoms with Gasteiger partial charge in [-0.3, -0.25) is 4.79 Å². The molecule has 0 bridgehead atoms. The summed E-state index contributed by atoms with van der Waals surface area (Å²) in [7, 11) is 0. The van der Waals surface area contributed by atoms with Crippen LogP contribution >= 0.6 is 11.8 Å². The highest BCUT2D eigenvalue weighted by Crippen LogP contribution is 2.30. The van der Waals surface area contributed by atoms with Crippen molar-refractivity contribution in [3.63, 3.8) is 0 Å². The number of likely N-dealkylation sites (tertiary alicyclic amines) is 1. The molecule has 3 atom stereocenters. The van der Waals surface area contributed by atoms with Crippen molar-refractivity contribution in [2.75, 3.05) is 18.8 Å². The van der Waals surface area contributed by atoms with E-state index in [1.807, 2.05) is 11.8 Å². The molecule has 1 heterocycles. The Morgan fingerprint density at radius 3 is 2.85 bits per heavy atom. The number of nitrogens with one attached hydrogen (secondary N) is 1. The number of rotatable bonds is 5. The second-order valence-corrected chi connectivity index (χ2v) is 7.31. The van der Waals surface area contributed by atoms with E-state index in [1.165, 1.54) is 6.42 Å². The van der Waals surface area contributed by atoms with E-state index >= 15 is 0 Å². The van der Waals surface area contributed by atoms with Gasteiger partial charge >= 0.3 is 12.0 Å². The average Bonchev–Trinajstić information content (AvgIpc) is 2.99. The first-order valence-electron chi connectivity index (χ1n) is 7.47. The Labute approximate surface area is 124 Å². The summed E-state index contributed by atoms with van der Waals surface area (Å²) in [6, 6.07) is 0.287. The number of hydrogen-bond donors (Lipinski definition) is 2. The number of carbonyl (C=O) groups excluding carboxylic acids is 1. The van der Waals surface area contributed by atoms with Crippen molar-refractivity contribution in [1.82, 2.24) is 10.2 Å². The number of nitrogens with zero attached hydrogens (tertiary/aromatic N) is 1. The van der Waals surface area contributed by atoms with Gasteiger partial charge in [0.25, 0.3) is 0 Å². The van der Waals surface area contributed by atoms with Crippen LogP contribution in [0.3, 0.4) is 0 Å². The third-order valence-electron chi connectivity index (χ3n) is 4.15. The van der Waals surface area contributed by atoms with Gasteiger partial charge in [-0.1, -0.05) is 6.92 Å². The van der Waals surface area contributed by atoms with E-state index in [2.05, 4.69) is 12.2 Å². The Kier molecular flexibility index (Phi) is 5.57. The topological polar surface area (TPSA) is 69.6 Å². The monoisotopic (exact) mass is 300 g/mol. The lowest BCUT2D eigenvalue weighted by Crippen LogP contribution is -2.43. The van der Waals surface area contributed by atoms with E-state index in [0.717, 1.165) is 25.0 Å². The first-order chi connectivity index (χ1) is 9.58. The molecule has 2 fully saturated rings. The van der Waals surface area contributed by atoms with Crippen molar-refractivity contribution < 1.29 is 14.7 Å². The molecule has 2 rings (SSSR count). The molecule has 20 heavy (non-hydrogen) atoms. The van der Waals surface area contributed by atoms with E-state index < -0.39 is 5.97 Å². The number of carboxylic acid groups (broad SMARTS) is 1. The normalized spacial score (nSPS) is 29.6. The maximum absolute atomic E-state index is 12.2. The Bertz CT molecular complexity index is 364. The number of carboxylic acids is 1. The van der Waals surface area contributed by atoms with Crippen LogP contribution in [-0.4, -0.2) is 52.1 Å². The summed E-state index contributed by atoms with van der Waals surface area (Å²) in [5.41, 5.74) is 0. The number of aliphatic carboxylic acids is 1. The Morgan fingerprint density at radius 2 is 2.15 bits per heavy atom. The fraction of sp³-hybridized carbons (Fsp3) is 0.857. The summed E-state index contributed by atoms with van der Waals surface area (Å²) in [6.45, 7) is 3.44. The van der Waals surface area contributed by atoms with Crippen LogP contribution < -0.4 is 5.32 Å². The van der Waals surface area contributed by atoms with Crippen LogP contribution in [0.4, 0.5) is 4.79 Å². The van der Waals surface area contributed by atoms with Gasteiger partial charge in [0, 0.05) is 30.8 Å². The van der Waals surface area contributed by atoms with Crippen LogP contribution in [0.2, 0.25) is 0 Å². The molecule has 2 amide bonds. The highest BCUT2D eigenvalue weighted by atomic mass is 32.2. The minimum atomic E-state index is -0.771. The maximum atomic E-state index is 12.2. The Balaban J connectivity index is 1.72. The van der Waals surface area contributed by atoms with Crippen LogP contribution in [-0.2, 0) is 4.79 Å². The highest BCUT2D eigenvalue weighted by molar-refractivity contribution is 7.99. The van der Waals surface area contributed by atoms with Crippen LogP contribution in [0.25, 0.3) is 0 Å². The van der Waals surface area contributed by atoms with Crippen LogP contribution in [0.1, 0.15) is 39.0 Å². The molecule has 0 aromatic rings. The zero-order valence-electron chi connectivity index (χ0n) is 12.0. The van der Waals surface area contributed by atoms with E-state index in [0.29, 0.717) is 24.4 Å². The fourth-order valence-corrected chi connectivity index (χ4v) is 4.30. The molecule has 1 aliphatic carbocycles. The van der Waals surface area contributed by atoms with Crippen LogP contribution in [0.15, 0.2) is 0 Å². The quantitative estimate of drug-likeness (QED) is 0.816. The summed E-state index contributed by atoms with van der Waals surface area (Å²) >= 11 is 1.98.